The molecule has 0 spiro atoms. The fraction of sp³-hybridized carbons (Fsp3) is 0.412. The van der Waals surface area contributed by atoms with Crippen molar-refractivity contribution in [1.29, 1.82) is 0 Å². The Morgan fingerprint density at radius 1 is 1.10 bits per heavy atom. The fourth-order valence-electron chi connectivity index (χ4n) is 2.26. The highest BCUT2D eigenvalue weighted by Crippen LogP contribution is 2.32. The van der Waals surface area contributed by atoms with Gasteiger partial charge in [0, 0.05) is 6.54 Å². The van der Waals surface area contributed by atoms with Gasteiger partial charge < -0.3 is 10.1 Å². The molecule has 2 aromatic rings. The van der Waals surface area contributed by atoms with Crippen LogP contribution in [0.4, 0.5) is 5.82 Å². The molecule has 1 atom stereocenters. The number of aromatic nitrogens is 2. The van der Waals surface area contributed by atoms with Crippen LogP contribution in [0, 0.1) is 0 Å². The van der Waals surface area contributed by atoms with Crippen molar-refractivity contribution >= 4 is 5.82 Å². The molecule has 0 radical (unpaired) electrons. The van der Waals surface area contributed by atoms with Gasteiger partial charge in [-0.1, -0.05) is 44.2 Å². The van der Waals surface area contributed by atoms with Crippen molar-refractivity contribution in [2.45, 2.75) is 39.7 Å². The van der Waals surface area contributed by atoms with Crippen molar-refractivity contribution in [3.63, 3.8) is 0 Å². The van der Waals surface area contributed by atoms with E-state index in [9.17, 15) is 0 Å². The van der Waals surface area contributed by atoms with Crippen LogP contribution in [0.15, 0.2) is 36.7 Å². The van der Waals surface area contributed by atoms with Gasteiger partial charge in [0.05, 0.1) is 5.56 Å². The lowest BCUT2D eigenvalue weighted by Gasteiger charge is -2.20. The average molecular weight is 285 g/mol. The molecule has 112 valence electrons. The summed E-state index contributed by atoms with van der Waals surface area (Å²) in [5.41, 5.74) is 2.16. The lowest BCUT2D eigenvalue weighted by Crippen LogP contribution is -2.11. The zero-order valence-corrected chi connectivity index (χ0v) is 13.1. The van der Waals surface area contributed by atoms with Crippen LogP contribution in [-0.2, 0) is 0 Å². The Bertz CT molecular complexity index is 570. The van der Waals surface area contributed by atoms with Crippen molar-refractivity contribution in [3.05, 3.63) is 47.8 Å². The summed E-state index contributed by atoms with van der Waals surface area (Å²) < 4.78 is 6.09. The highest BCUT2D eigenvalue weighted by atomic mass is 16.5. The van der Waals surface area contributed by atoms with Crippen molar-refractivity contribution in [3.8, 4) is 5.88 Å². The van der Waals surface area contributed by atoms with Gasteiger partial charge in [-0.05, 0) is 25.3 Å². The van der Waals surface area contributed by atoms with E-state index in [4.69, 9.17) is 4.74 Å². The normalized spacial score (nSPS) is 12.2. The molecule has 0 bridgehead atoms. The quantitative estimate of drug-likeness (QED) is 0.865. The van der Waals surface area contributed by atoms with E-state index < -0.39 is 0 Å². The highest BCUT2D eigenvalue weighted by Gasteiger charge is 2.18. The van der Waals surface area contributed by atoms with Gasteiger partial charge in [-0.25, -0.2) is 9.97 Å². The summed E-state index contributed by atoms with van der Waals surface area (Å²) in [4.78, 5) is 8.66. The SMILES string of the molecule is CCNc1ncnc(OC(C)c2ccccc2)c1C(C)C. The number of nitrogens with one attached hydrogen (secondary N) is 1. The molecular formula is C17H23N3O. The summed E-state index contributed by atoms with van der Waals surface area (Å²) >= 11 is 0. The van der Waals surface area contributed by atoms with Crippen molar-refractivity contribution in [2.75, 3.05) is 11.9 Å². The monoisotopic (exact) mass is 285 g/mol. The lowest BCUT2D eigenvalue weighted by atomic mass is 10.0. The molecule has 0 amide bonds. The van der Waals surface area contributed by atoms with Crippen LogP contribution >= 0.6 is 0 Å². The molecule has 0 aliphatic rings. The van der Waals surface area contributed by atoms with Gasteiger partial charge in [-0.2, -0.15) is 0 Å². The first-order valence-electron chi connectivity index (χ1n) is 7.43. The maximum absolute atomic E-state index is 6.09. The minimum Gasteiger partial charge on any atom is -0.469 e. The number of anilines is 1. The van der Waals surface area contributed by atoms with Crippen LogP contribution in [0.1, 0.15) is 50.8 Å². The molecule has 1 aromatic carbocycles. The van der Waals surface area contributed by atoms with E-state index >= 15 is 0 Å². The molecule has 4 heteroatoms. The molecule has 1 aromatic heterocycles. The van der Waals surface area contributed by atoms with Gasteiger partial charge in [-0.3, -0.25) is 0 Å². The van der Waals surface area contributed by atoms with Crippen LogP contribution in [0.3, 0.4) is 0 Å². The second-order valence-electron chi connectivity index (χ2n) is 5.30. The molecule has 1 N–H and O–H groups in total. The van der Waals surface area contributed by atoms with Gasteiger partial charge in [0.15, 0.2) is 0 Å². The molecular weight excluding hydrogens is 262 g/mol. The van der Waals surface area contributed by atoms with E-state index in [0.717, 1.165) is 23.5 Å². The van der Waals surface area contributed by atoms with E-state index in [2.05, 4.69) is 48.2 Å². The van der Waals surface area contributed by atoms with Gasteiger partial charge in [0.1, 0.15) is 18.2 Å². The largest absolute Gasteiger partial charge is 0.469 e. The van der Waals surface area contributed by atoms with Crippen LogP contribution in [-0.4, -0.2) is 16.5 Å². The molecule has 0 fully saturated rings. The third kappa shape index (κ3) is 3.72. The van der Waals surface area contributed by atoms with Gasteiger partial charge in [0.25, 0.3) is 0 Å². The predicted molar refractivity (Wildman–Crippen MR) is 85.8 cm³/mol. The van der Waals surface area contributed by atoms with Gasteiger partial charge in [0.2, 0.25) is 5.88 Å². The van der Waals surface area contributed by atoms with Crippen LogP contribution in [0.2, 0.25) is 0 Å². The zero-order valence-electron chi connectivity index (χ0n) is 13.1. The number of hydrogen-bond acceptors (Lipinski definition) is 4. The first kappa shape index (κ1) is 15.3. The van der Waals surface area contributed by atoms with Crippen molar-refractivity contribution in [2.24, 2.45) is 0 Å². The van der Waals surface area contributed by atoms with E-state index in [1.54, 1.807) is 6.33 Å². The number of nitrogens with zero attached hydrogens (tertiary/aromatic N) is 2. The standard InChI is InChI=1S/C17H23N3O/c1-5-18-16-15(12(2)3)17(20-11-19-16)21-13(4)14-9-7-6-8-10-14/h6-13H,5H2,1-4H3,(H,18,19,20). The summed E-state index contributed by atoms with van der Waals surface area (Å²) in [6.07, 6.45) is 1.50. The van der Waals surface area contributed by atoms with E-state index in [-0.39, 0.29) is 6.10 Å². The Hall–Kier alpha value is -2.10. The smallest absolute Gasteiger partial charge is 0.222 e. The fourth-order valence-corrected chi connectivity index (χ4v) is 2.26. The van der Waals surface area contributed by atoms with Crippen LogP contribution in [0.25, 0.3) is 0 Å². The Kier molecular flexibility index (Phi) is 5.14. The highest BCUT2D eigenvalue weighted by molar-refractivity contribution is 5.50. The topological polar surface area (TPSA) is 47.0 Å². The molecule has 1 heterocycles. The summed E-state index contributed by atoms with van der Waals surface area (Å²) in [7, 11) is 0. The first-order valence-corrected chi connectivity index (χ1v) is 7.43. The Morgan fingerprint density at radius 3 is 2.43 bits per heavy atom. The maximum atomic E-state index is 6.09. The van der Waals surface area contributed by atoms with Gasteiger partial charge in [-0.15, -0.1) is 0 Å². The second kappa shape index (κ2) is 7.07. The average Bonchev–Trinajstić information content (AvgIpc) is 2.48. The summed E-state index contributed by atoms with van der Waals surface area (Å²) in [6.45, 7) is 9.16. The minimum atomic E-state index is -0.0481. The third-order valence-corrected chi connectivity index (χ3v) is 3.33. The van der Waals surface area contributed by atoms with E-state index in [0.29, 0.717) is 11.8 Å². The van der Waals surface area contributed by atoms with E-state index in [1.807, 2.05) is 25.1 Å². The molecule has 0 saturated carbocycles. The molecule has 0 saturated heterocycles. The lowest BCUT2D eigenvalue weighted by molar-refractivity contribution is 0.214. The second-order valence-corrected chi connectivity index (χ2v) is 5.30. The number of ether oxygens (including phenoxy) is 1. The third-order valence-electron chi connectivity index (χ3n) is 3.33. The van der Waals surface area contributed by atoms with Crippen molar-refractivity contribution in [1.82, 2.24) is 9.97 Å². The van der Waals surface area contributed by atoms with Crippen molar-refractivity contribution < 1.29 is 4.74 Å². The number of hydrogen-bond donors (Lipinski definition) is 1. The van der Waals surface area contributed by atoms with Crippen LogP contribution < -0.4 is 10.1 Å². The Morgan fingerprint density at radius 2 is 1.81 bits per heavy atom. The van der Waals surface area contributed by atoms with Crippen LogP contribution in [0.5, 0.6) is 5.88 Å². The Balaban J connectivity index is 2.29. The minimum absolute atomic E-state index is 0.0481. The molecule has 2 rings (SSSR count). The molecule has 0 aliphatic carbocycles. The van der Waals surface area contributed by atoms with E-state index in [1.165, 1.54) is 0 Å². The zero-order chi connectivity index (χ0) is 15.2. The Labute approximate surface area is 126 Å². The first-order chi connectivity index (χ1) is 10.1. The molecule has 0 aliphatic heterocycles. The summed E-state index contributed by atoms with van der Waals surface area (Å²) in [5, 5.41) is 3.28. The summed E-state index contributed by atoms with van der Waals surface area (Å²) in [6, 6.07) is 10.2. The number of benzene rings is 1. The number of rotatable bonds is 6. The predicted octanol–water partition coefficient (Wildman–Crippen LogP) is 4.17. The maximum Gasteiger partial charge on any atom is 0.222 e. The molecule has 21 heavy (non-hydrogen) atoms. The van der Waals surface area contributed by atoms with Gasteiger partial charge >= 0.3 is 0 Å². The molecule has 4 nitrogen and oxygen atoms in total. The summed E-state index contributed by atoms with van der Waals surface area (Å²) in [5.74, 6) is 1.81. The molecule has 1 unspecified atom stereocenters.